The fraction of sp³-hybridized carbons (Fsp3) is 0.568. The molecule has 0 amide bonds. The second kappa shape index (κ2) is 14.8. The van der Waals surface area contributed by atoms with Gasteiger partial charge >= 0.3 is 0 Å². The van der Waals surface area contributed by atoms with Crippen molar-refractivity contribution in [2.75, 3.05) is 0 Å². The Hall–Kier alpha value is -2.88. The molecule has 3 rings (SSSR count). The second-order valence-corrected chi connectivity index (χ2v) is 12.8. The summed E-state index contributed by atoms with van der Waals surface area (Å²) in [7, 11) is 0. The van der Waals surface area contributed by atoms with Crippen LogP contribution in [0.25, 0.3) is 0 Å². The number of aryl methyl sites for hydroxylation is 2. The van der Waals surface area contributed by atoms with Crippen LogP contribution in [0, 0.1) is 31.6 Å². The van der Waals surface area contributed by atoms with Crippen LogP contribution in [0.15, 0.2) is 30.3 Å². The van der Waals surface area contributed by atoms with E-state index in [4.69, 9.17) is 0 Å². The number of fused-ring (bicyclic) bond motifs is 1. The highest BCUT2D eigenvalue weighted by molar-refractivity contribution is 6.01. The Morgan fingerprint density at radius 3 is 2.27 bits per heavy atom. The lowest BCUT2D eigenvalue weighted by molar-refractivity contribution is -0.130. The molecule has 0 fully saturated rings. The van der Waals surface area contributed by atoms with Crippen LogP contribution in [0.3, 0.4) is 0 Å². The SMILES string of the molecule is CCCC(CC1CC(=O)c2c(C)c(CCC(=O)Cc3ccc(C)cc3)cc(C(C)C)c2C1)C(CC)C(=O)CC(C)=O. The topological polar surface area (TPSA) is 68.3 Å². The maximum atomic E-state index is 13.7. The molecular weight excluding hydrogens is 508 g/mol. The Kier molecular flexibility index (Phi) is 11.8. The summed E-state index contributed by atoms with van der Waals surface area (Å²) in [6.07, 6.45) is 6.40. The molecule has 0 bridgehead atoms. The molecule has 222 valence electrons. The number of carbonyl (C=O) groups excluding carboxylic acids is 4. The van der Waals surface area contributed by atoms with Gasteiger partial charge in [-0.05, 0) is 92.0 Å². The van der Waals surface area contributed by atoms with E-state index in [-0.39, 0.29) is 53.2 Å². The predicted molar refractivity (Wildman–Crippen MR) is 167 cm³/mol. The molecule has 4 heteroatoms. The van der Waals surface area contributed by atoms with E-state index in [0.29, 0.717) is 25.7 Å². The summed E-state index contributed by atoms with van der Waals surface area (Å²) in [5.74, 6) is 0.933. The van der Waals surface area contributed by atoms with Crippen LogP contribution in [-0.2, 0) is 33.6 Å². The fourth-order valence-corrected chi connectivity index (χ4v) is 6.96. The quantitative estimate of drug-likeness (QED) is 0.206. The molecule has 41 heavy (non-hydrogen) atoms. The van der Waals surface area contributed by atoms with E-state index < -0.39 is 0 Å². The fourth-order valence-electron chi connectivity index (χ4n) is 6.96. The van der Waals surface area contributed by atoms with Gasteiger partial charge in [-0.1, -0.05) is 76.4 Å². The molecule has 3 atom stereocenters. The molecule has 3 unspecified atom stereocenters. The highest BCUT2D eigenvalue weighted by atomic mass is 16.1. The van der Waals surface area contributed by atoms with E-state index in [1.165, 1.54) is 23.6 Å². The van der Waals surface area contributed by atoms with Crippen LogP contribution in [0.4, 0.5) is 0 Å². The third-order valence-corrected chi connectivity index (χ3v) is 9.04. The summed E-state index contributed by atoms with van der Waals surface area (Å²) in [6, 6.07) is 10.4. The van der Waals surface area contributed by atoms with Crippen molar-refractivity contribution in [1.82, 2.24) is 0 Å². The predicted octanol–water partition coefficient (Wildman–Crippen LogP) is 8.30. The molecule has 0 saturated carbocycles. The van der Waals surface area contributed by atoms with Crippen molar-refractivity contribution in [2.24, 2.45) is 17.8 Å². The molecule has 0 radical (unpaired) electrons. The largest absolute Gasteiger partial charge is 0.300 e. The molecule has 0 N–H and O–H groups in total. The zero-order chi connectivity index (χ0) is 30.3. The zero-order valence-electron chi connectivity index (χ0n) is 26.4. The number of rotatable bonds is 15. The van der Waals surface area contributed by atoms with Crippen LogP contribution in [-0.4, -0.2) is 23.1 Å². The molecule has 0 saturated heterocycles. The summed E-state index contributed by atoms with van der Waals surface area (Å²) in [4.78, 5) is 51.2. The van der Waals surface area contributed by atoms with E-state index in [1.807, 2.05) is 45.0 Å². The van der Waals surface area contributed by atoms with Gasteiger partial charge in [0, 0.05) is 30.7 Å². The van der Waals surface area contributed by atoms with Gasteiger partial charge in [0.25, 0.3) is 0 Å². The number of hydrogen-bond acceptors (Lipinski definition) is 4. The van der Waals surface area contributed by atoms with Gasteiger partial charge in [-0.3, -0.25) is 19.2 Å². The van der Waals surface area contributed by atoms with Gasteiger partial charge in [-0.25, -0.2) is 0 Å². The summed E-state index contributed by atoms with van der Waals surface area (Å²) in [5, 5.41) is 0. The van der Waals surface area contributed by atoms with Gasteiger partial charge in [-0.2, -0.15) is 0 Å². The van der Waals surface area contributed by atoms with E-state index in [9.17, 15) is 19.2 Å². The molecular formula is C37H50O4. The van der Waals surface area contributed by atoms with Gasteiger partial charge in [-0.15, -0.1) is 0 Å². The van der Waals surface area contributed by atoms with E-state index >= 15 is 0 Å². The maximum absolute atomic E-state index is 13.7. The first kappa shape index (κ1) is 32.6. The first-order valence-electron chi connectivity index (χ1n) is 15.7. The molecule has 0 spiro atoms. The highest BCUT2D eigenvalue weighted by Gasteiger charge is 2.34. The minimum Gasteiger partial charge on any atom is -0.300 e. The average Bonchev–Trinajstić information content (AvgIpc) is 2.89. The van der Waals surface area contributed by atoms with Crippen molar-refractivity contribution in [1.29, 1.82) is 0 Å². The Balaban J connectivity index is 1.81. The van der Waals surface area contributed by atoms with Gasteiger partial charge in [0.15, 0.2) is 5.78 Å². The first-order valence-corrected chi connectivity index (χ1v) is 15.7. The molecule has 0 aromatic heterocycles. The number of benzene rings is 2. The standard InChI is InChI=1S/C37H50O4/c1-8-10-30(32(9-2)35(40)17-25(6)38)18-28-20-34-33(23(3)4)22-29(26(7)37(34)36(41)21-28)15-16-31(39)19-27-13-11-24(5)12-14-27/h11-14,22-23,28,30,32H,8-10,15-21H2,1-7H3. The van der Waals surface area contributed by atoms with Crippen LogP contribution >= 0.6 is 0 Å². The summed E-state index contributed by atoms with van der Waals surface area (Å²) in [5.41, 5.74) is 7.64. The molecule has 0 aliphatic heterocycles. The summed E-state index contributed by atoms with van der Waals surface area (Å²) >= 11 is 0. The number of hydrogen-bond donors (Lipinski definition) is 0. The molecule has 0 heterocycles. The Labute approximate surface area is 247 Å². The number of ketones is 4. The maximum Gasteiger partial charge on any atom is 0.163 e. The Bertz CT molecular complexity index is 1250. The Morgan fingerprint density at radius 2 is 1.68 bits per heavy atom. The van der Waals surface area contributed by atoms with E-state index in [0.717, 1.165) is 54.4 Å². The minimum absolute atomic E-state index is 0.0120. The van der Waals surface area contributed by atoms with Crippen molar-refractivity contribution in [3.8, 4) is 0 Å². The zero-order valence-corrected chi connectivity index (χ0v) is 26.4. The van der Waals surface area contributed by atoms with E-state index in [1.54, 1.807) is 0 Å². The van der Waals surface area contributed by atoms with Crippen molar-refractivity contribution < 1.29 is 19.2 Å². The smallest absolute Gasteiger partial charge is 0.163 e. The van der Waals surface area contributed by atoms with Crippen LogP contribution < -0.4 is 0 Å². The highest BCUT2D eigenvalue weighted by Crippen LogP contribution is 2.40. The third-order valence-electron chi connectivity index (χ3n) is 9.04. The van der Waals surface area contributed by atoms with Gasteiger partial charge in [0.05, 0.1) is 6.42 Å². The number of carbonyl (C=O) groups is 4. The van der Waals surface area contributed by atoms with Crippen LogP contribution in [0.2, 0.25) is 0 Å². The molecule has 1 aliphatic rings. The van der Waals surface area contributed by atoms with Gasteiger partial charge in [0.1, 0.15) is 17.3 Å². The average molecular weight is 559 g/mol. The molecule has 4 nitrogen and oxygen atoms in total. The van der Waals surface area contributed by atoms with Gasteiger partial charge in [0.2, 0.25) is 0 Å². The van der Waals surface area contributed by atoms with Crippen LogP contribution in [0.5, 0.6) is 0 Å². The normalized spacial score (nSPS) is 16.4. The lowest BCUT2D eigenvalue weighted by atomic mass is 9.70. The minimum atomic E-state index is -0.124. The lowest BCUT2D eigenvalue weighted by Gasteiger charge is -2.33. The summed E-state index contributed by atoms with van der Waals surface area (Å²) in [6.45, 7) is 14.1. The molecule has 2 aromatic rings. The molecule has 1 aliphatic carbocycles. The van der Waals surface area contributed by atoms with Crippen molar-refractivity contribution in [2.45, 2.75) is 119 Å². The third kappa shape index (κ3) is 8.56. The van der Waals surface area contributed by atoms with Crippen molar-refractivity contribution in [3.63, 3.8) is 0 Å². The van der Waals surface area contributed by atoms with Crippen molar-refractivity contribution in [3.05, 3.63) is 69.3 Å². The summed E-state index contributed by atoms with van der Waals surface area (Å²) < 4.78 is 0. The Morgan fingerprint density at radius 1 is 1.00 bits per heavy atom. The number of Topliss-reactive ketones (excluding diaryl/α,β-unsaturated/α-hetero) is 4. The second-order valence-electron chi connectivity index (χ2n) is 12.8. The van der Waals surface area contributed by atoms with Gasteiger partial charge < -0.3 is 0 Å². The molecule has 2 aromatic carbocycles. The van der Waals surface area contributed by atoms with Crippen molar-refractivity contribution >= 4 is 23.1 Å². The van der Waals surface area contributed by atoms with Crippen LogP contribution in [0.1, 0.15) is 129 Å². The monoisotopic (exact) mass is 558 g/mol. The van der Waals surface area contributed by atoms with E-state index in [2.05, 4.69) is 26.8 Å². The lowest BCUT2D eigenvalue weighted by Crippen LogP contribution is -2.30. The first-order chi connectivity index (χ1) is 19.4.